The first kappa shape index (κ1) is 14.2. The fraction of sp³-hybridized carbons (Fsp3) is 0.143. The minimum atomic E-state index is -4.55. The largest absolute Gasteiger partial charge is 0.488 e. The molecule has 0 spiro atoms. The molecule has 0 amide bonds. The zero-order valence-electron chi connectivity index (χ0n) is 10.2. The first-order valence-electron chi connectivity index (χ1n) is 5.70. The Bertz CT molecular complexity index is 593. The predicted octanol–water partition coefficient (Wildman–Crippen LogP) is 4.01. The molecule has 106 valence electrons. The third-order valence-electron chi connectivity index (χ3n) is 2.62. The molecular weight excluding hydrogens is 274 g/mol. The van der Waals surface area contributed by atoms with Gasteiger partial charge in [0.15, 0.2) is 0 Å². The Labute approximate surface area is 112 Å². The Morgan fingerprint density at radius 1 is 1.00 bits per heavy atom. The van der Waals surface area contributed by atoms with Crippen molar-refractivity contribution in [2.24, 2.45) is 0 Å². The van der Waals surface area contributed by atoms with Crippen LogP contribution in [0, 0.1) is 5.82 Å². The summed E-state index contributed by atoms with van der Waals surface area (Å²) in [5.41, 5.74) is 4.99. The number of ether oxygens (including phenoxy) is 1. The minimum Gasteiger partial charge on any atom is -0.488 e. The maximum Gasteiger partial charge on any atom is 0.420 e. The fourth-order valence-electron chi connectivity index (χ4n) is 1.64. The van der Waals surface area contributed by atoms with Crippen LogP contribution in [-0.4, -0.2) is 0 Å². The van der Waals surface area contributed by atoms with Gasteiger partial charge in [0.25, 0.3) is 0 Å². The Morgan fingerprint density at radius 3 is 2.25 bits per heavy atom. The van der Waals surface area contributed by atoms with Crippen LogP contribution in [0.3, 0.4) is 0 Å². The molecule has 0 saturated heterocycles. The second-order valence-electron chi connectivity index (χ2n) is 4.17. The zero-order chi connectivity index (χ0) is 14.8. The molecule has 2 aromatic carbocycles. The van der Waals surface area contributed by atoms with E-state index in [2.05, 4.69) is 0 Å². The summed E-state index contributed by atoms with van der Waals surface area (Å²) >= 11 is 0. The molecule has 0 saturated carbocycles. The number of halogens is 4. The van der Waals surface area contributed by atoms with E-state index < -0.39 is 17.6 Å². The molecule has 2 nitrogen and oxygen atoms in total. The number of hydrogen-bond donors (Lipinski definition) is 1. The highest BCUT2D eigenvalue weighted by atomic mass is 19.4. The number of rotatable bonds is 3. The monoisotopic (exact) mass is 285 g/mol. The van der Waals surface area contributed by atoms with Crippen LogP contribution < -0.4 is 10.5 Å². The highest BCUT2D eigenvalue weighted by Crippen LogP contribution is 2.37. The summed E-state index contributed by atoms with van der Waals surface area (Å²) < 4.78 is 56.3. The van der Waals surface area contributed by atoms with Gasteiger partial charge in [-0.15, -0.1) is 0 Å². The van der Waals surface area contributed by atoms with E-state index in [1.807, 2.05) is 0 Å². The molecule has 2 aromatic rings. The molecule has 2 N–H and O–H groups in total. The van der Waals surface area contributed by atoms with Gasteiger partial charge in [-0.05, 0) is 35.9 Å². The summed E-state index contributed by atoms with van der Waals surface area (Å²) in [5, 5.41) is 0. The Kier molecular flexibility index (Phi) is 3.83. The van der Waals surface area contributed by atoms with Crippen LogP contribution >= 0.6 is 0 Å². The topological polar surface area (TPSA) is 35.2 Å². The van der Waals surface area contributed by atoms with Gasteiger partial charge in [-0.2, -0.15) is 13.2 Å². The second-order valence-corrected chi connectivity index (χ2v) is 4.17. The average molecular weight is 285 g/mol. The lowest BCUT2D eigenvalue weighted by atomic mass is 10.1. The summed E-state index contributed by atoms with van der Waals surface area (Å²) in [6, 6.07) is 8.63. The number of alkyl halides is 3. The second kappa shape index (κ2) is 5.40. The van der Waals surface area contributed by atoms with Crippen molar-refractivity contribution in [2.75, 3.05) is 5.73 Å². The van der Waals surface area contributed by atoms with Crippen molar-refractivity contribution in [2.45, 2.75) is 12.8 Å². The molecule has 2 rings (SSSR count). The maximum absolute atomic E-state index is 12.8. The van der Waals surface area contributed by atoms with Crippen LogP contribution in [0.15, 0.2) is 42.5 Å². The van der Waals surface area contributed by atoms with Crippen LogP contribution in [0.25, 0.3) is 0 Å². The molecule has 0 atom stereocenters. The van der Waals surface area contributed by atoms with E-state index in [4.69, 9.17) is 10.5 Å². The van der Waals surface area contributed by atoms with Crippen LogP contribution in [0.5, 0.6) is 5.75 Å². The molecule has 0 bridgehead atoms. The van der Waals surface area contributed by atoms with Gasteiger partial charge in [-0.25, -0.2) is 4.39 Å². The maximum atomic E-state index is 12.8. The van der Waals surface area contributed by atoms with Crippen molar-refractivity contribution in [1.29, 1.82) is 0 Å². The van der Waals surface area contributed by atoms with Gasteiger partial charge in [0.1, 0.15) is 18.2 Å². The summed E-state index contributed by atoms with van der Waals surface area (Å²) in [4.78, 5) is 0. The van der Waals surface area contributed by atoms with E-state index in [1.165, 1.54) is 36.4 Å². The van der Waals surface area contributed by atoms with Crippen LogP contribution in [-0.2, 0) is 12.8 Å². The molecular formula is C14H11F4NO. The fourth-order valence-corrected chi connectivity index (χ4v) is 1.64. The SMILES string of the molecule is Nc1ccc(OCc2ccc(F)cc2)c(C(F)(F)F)c1. The lowest BCUT2D eigenvalue weighted by Crippen LogP contribution is -2.09. The Hall–Kier alpha value is -2.24. The van der Waals surface area contributed by atoms with Gasteiger partial charge in [0.2, 0.25) is 0 Å². The van der Waals surface area contributed by atoms with Crippen molar-refractivity contribution in [1.82, 2.24) is 0 Å². The third kappa shape index (κ3) is 3.40. The summed E-state index contributed by atoms with van der Waals surface area (Å²) in [6.45, 7) is -0.0900. The van der Waals surface area contributed by atoms with Gasteiger partial charge in [-0.1, -0.05) is 12.1 Å². The Morgan fingerprint density at radius 2 is 1.65 bits per heavy atom. The number of anilines is 1. The molecule has 6 heteroatoms. The van der Waals surface area contributed by atoms with Gasteiger partial charge in [-0.3, -0.25) is 0 Å². The average Bonchev–Trinajstić information content (AvgIpc) is 2.38. The van der Waals surface area contributed by atoms with E-state index in [9.17, 15) is 17.6 Å². The van der Waals surface area contributed by atoms with Crippen LogP contribution in [0.4, 0.5) is 23.2 Å². The van der Waals surface area contributed by atoms with E-state index in [-0.39, 0.29) is 18.0 Å². The lowest BCUT2D eigenvalue weighted by molar-refractivity contribution is -0.139. The van der Waals surface area contributed by atoms with Crippen molar-refractivity contribution in [3.05, 3.63) is 59.4 Å². The number of hydrogen-bond acceptors (Lipinski definition) is 2. The third-order valence-corrected chi connectivity index (χ3v) is 2.62. The smallest absolute Gasteiger partial charge is 0.420 e. The van der Waals surface area contributed by atoms with Crippen LogP contribution in [0.2, 0.25) is 0 Å². The molecule has 0 aromatic heterocycles. The number of nitrogens with two attached hydrogens (primary N) is 1. The molecule has 0 radical (unpaired) electrons. The molecule has 0 aliphatic carbocycles. The van der Waals surface area contributed by atoms with Crippen LogP contribution in [0.1, 0.15) is 11.1 Å². The highest BCUT2D eigenvalue weighted by Gasteiger charge is 2.34. The normalized spacial score (nSPS) is 11.4. The Balaban J connectivity index is 2.19. The van der Waals surface area contributed by atoms with Gasteiger partial charge < -0.3 is 10.5 Å². The van der Waals surface area contributed by atoms with Gasteiger partial charge >= 0.3 is 6.18 Å². The first-order chi connectivity index (χ1) is 9.36. The molecule has 0 fully saturated rings. The predicted molar refractivity (Wildman–Crippen MR) is 66.6 cm³/mol. The van der Waals surface area contributed by atoms with Crippen molar-refractivity contribution >= 4 is 5.69 Å². The standard InChI is InChI=1S/C14H11F4NO/c15-10-3-1-9(2-4-10)8-20-13-6-5-11(19)7-12(13)14(16,17)18/h1-7H,8,19H2. The summed E-state index contributed by atoms with van der Waals surface area (Å²) in [5.74, 6) is -0.728. The quantitative estimate of drug-likeness (QED) is 0.683. The van der Waals surface area contributed by atoms with Crippen molar-refractivity contribution < 1.29 is 22.3 Å². The lowest BCUT2D eigenvalue weighted by Gasteiger charge is -2.14. The van der Waals surface area contributed by atoms with Crippen molar-refractivity contribution in [3.63, 3.8) is 0 Å². The molecule has 0 aliphatic heterocycles. The van der Waals surface area contributed by atoms with Gasteiger partial charge in [0.05, 0.1) is 5.56 Å². The minimum absolute atomic E-state index is 0.00598. The van der Waals surface area contributed by atoms with E-state index >= 15 is 0 Å². The highest BCUT2D eigenvalue weighted by molar-refractivity contribution is 5.49. The van der Waals surface area contributed by atoms with E-state index in [1.54, 1.807) is 0 Å². The summed E-state index contributed by atoms with van der Waals surface area (Å²) in [7, 11) is 0. The van der Waals surface area contributed by atoms with E-state index in [0.29, 0.717) is 5.56 Å². The first-order valence-corrected chi connectivity index (χ1v) is 5.70. The van der Waals surface area contributed by atoms with Gasteiger partial charge in [0, 0.05) is 5.69 Å². The number of nitrogen functional groups attached to an aromatic ring is 1. The molecule has 20 heavy (non-hydrogen) atoms. The molecule has 0 aliphatic rings. The van der Waals surface area contributed by atoms with E-state index in [0.717, 1.165) is 6.07 Å². The molecule has 0 unspecified atom stereocenters. The van der Waals surface area contributed by atoms with Crippen molar-refractivity contribution in [3.8, 4) is 5.75 Å². The number of benzene rings is 2. The zero-order valence-corrected chi connectivity index (χ0v) is 10.2. The summed E-state index contributed by atoms with van der Waals surface area (Å²) in [6.07, 6.45) is -4.55. The molecule has 0 heterocycles.